The normalized spacial score (nSPS) is 11.0. The molecule has 0 atom stereocenters. The lowest BCUT2D eigenvalue weighted by Gasteiger charge is -2.14. The number of phenolic OH excluding ortho intramolecular Hbond substituents is 1. The first kappa shape index (κ1) is 18.1. The van der Waals surface area contributed by atoms with E-state index in [-0.39, 0.29) is 22.2 Å². The van der Waals surface area contributed by atoms with Crippen LogP contribution in [-0.2, 0) is 25.5 Å². The highest BCUT2D eigenvalue weighted by Gasteiger charge is 2.18. The van der Waals surface area contributed by atoms with E-state index in [2.05, 4.69) is 14.8 Å². The summed E-state index contributed by atoms with van der Waals surface area (Å²) in [5.41, 5.74) is 0.400. The van der Waals surface area contributed by atoms with Crippen LogP contribution in [0.15, 0.2) is 17.8 Å². The Labute approximate surface area is 137 Å². The van der Waals surface area contributed by atoms with Gasteiger partial charge in [0.2, 0.25) is 0 Å². The smallest absolute Gasteiger partial charge is 0.354 e. The Balaban J connectivity index is 3.28. The number of nitrogens with one attached hydrogen (secondary N) is 1. The number of esters is 2. The summed E-state index contributed by atoms with van der Waals surface area (Å²) in [6.07, 6.45) is 1.41. The molecule has 1 aromatic carbocycles. The van der Waals surface area contributed by atoms with Gasteiger partial charge in [-0.05, 0) is 18.1 Å². The molecule has 0 spiro atoms. The van der Waals surface area contributed by atoms with Crippen LogP contribution in [0.3, 0.4) is 0 Å². The van der Waals surface area contributed by atoms with Crippen LogP contribution in [-0.4, -0.2) is 31.3 Å². The van der Waals surface area contributed by atoms with Crippen LogP contribution < -0.4 is 5.32 Å². The van der Waals surface area contributed by atoms with Crippen molar-refractivity contribution in [3.63, 3.8) is 0 Å². The van der Waals surface area contributed by atoms with Gasteiger partial charge in [0, 0.05) is 5.02 Å². The van der Waals surface area contributed by atoms with Crippen molar-refractivity contribution in [3.05, 3.63) is 33.4 Å². The molecule has 0 unspecified atom stereocenters. The third-order valence-corrected chi connectivity index (χ3v) is 3.52. The number of anilines is 1. The molecule has 0 bridgehead atoms. The molecule has 1 rings (SSSR count). The number of methoxy groups -OCH3 is 2. The van der Waals surface area contributed by atoms with E-state index in [0.29, 0.717) is 17.0 Å². The molecule has 0 fully saturated rings. The van der Waals surface area contributed by atoms with Crippen molar-refractivity contribution in [2.24, 2.45) is 0 Å². The summed E-state index contributed by atoms with van der Waals surface area (Å²) >= 11 is 12.1. The summed E-state index contributed by atoms with van der Waals surface area (Å²) in [5, 5.41) is 13.0. The maximum Gasteiger partial charge on any atom is 0.354 e. The molecule has 0 aliphatic heterocycles. The molecule has 0 aromatic heterocycles. The minimum atomic E-state index is -0.823. The standard InChI is InChI=1S/C14H15Cl2NO5/c1-4-7-8(15)5-9(13(19)12(7)16)17-10(14(20)22-3)6-11(18)21-2/h5-6,17,19H,4H2,1-3H3/b10-6+. The molecule has 0 saturated heterocycles. The van der Waals surface area contributed by atoms with Crippen LogP contribution in [0.25, 0.3) is 0 Å². The van der Waals surface area contributed by atoms with Gasteiger partial charge >= 0.3 is 11.9 Å². The summed E-state index contributed by atoms with van der Waals surface area (Å²) in [6, 6.07) is 1.40. The van der Waals surface area contributed by atoms with Gasteiger partial charge < -0.3 is 19.9 Å². The van der Waals surface area contributed by atoms with Crippen molar-refractivity contribution < 1.29 is 24.2 Å². The summed E-state index contributed by atoms with van der Waals surface area (Å²) < 4.78 is 9.00. The minimum absolute atomic E-state index is 0.0627. The van der Waals surface area contributed by atoms with Crippen LogP contribution in [0.1, 0.15) is 12.5 Å². The number of carbonyl (C=O) groups excluding carboxylic acids is 2. The molecule has 1 aromatic rings. The highest BCUT2D eigenvalue weighted by Crippen LogP contribution is 2.40. The second-order valence-electron chi connectivity index (χ2n) is 4.10. The fourth-order valence-electron chi connectivity index (χ4n) is 1.65. The molecule has 22 heavy (non-hydrogen) atoms. The number of hydrogen-bond acceptors (Lipinski definition) is 6. The fraction of sp³-hybridized carbons (Fsp3) is 0.286. The zero-order valence-electron chi connectivity index (χ0n) is 12.2. The molecule has 0 aliphatic rings. The van der Waals surface area contributed by atoms with Gasteiger partial charge in [-0.25, -0.2) is 9.59 Å². The van der Waals surface area contributed by atoms with E-state index in [1.807, 2.05) is 6.92 Å². The van der Waals surface area contributed by atoms with Crippen LogP contribution in [0, 0.1) is 0 Å². The van der Waals surface area contributed by atoms with Gasteiger partial charge in [-0.3, -0.25) is 0 Å². The maximum atomic E-state index is 11.7. The van der Waals surface area contributed by atoms with E-state index in [4.69, 9.17) is 23.2 Å². The van der Waals surface area contributed by atoms with Gasteiger partial charge in [0.15, 0.2) is 5.75 Å². The number of aromatic hydroxyl groups is 1. The maximum absolute atomic E-state index is 11.7. The number of rotatable bonds is 5. The van der Waals surface area contributed by atoms with Crippen molar-refractivity contribution in [1.29, 1.82) is 0 Å². The molecule has 0 aliphatic carbocycles. The quantitative estimate of drug-likeness (QED) is 0.484. The fourth-order valence-corrected chi connectivity index (χ4v) is 2.37. The third kappa shape index (κ3) is 4.05. The second-order valence-corrected chi connectivity index (χ2v) is 4.88. The summed E-state index contributed by atoms with van der Waals surface area (Å²) in [6.45, 7) is 1.83. The SMILES string of the molecule is CCc1c(Cl)cc(N/C(=C/C(=O)OC)C(=O)OC)c(O)c1Cl. The van der Waals surface area contributed by atoms with Gasteiger partial charge in [-0.2, -0.15) is 0 Å². The number of carbonyl (C=O) groups is 2. The largest absolute Gasteiger partial charge is 0.504 e. The van der Waals surface area contributed by atoms with Gasteiger partial charge in [-0.15, -0.1) is 0 Å². The lowest BCUT2D eigenvalue weighted by atomic mass is 10.1. The first-order valence-corrected chi connectivity index (χ1v) is 6.96. The predicted octanol–water partition coefficient (Wildman–Crippen LogP) is 2.90. The summed E-state index contributed by atoms with van der Waals surface area (Å²) in [5.74, 6) is -1.88. The average molecular weight is 348 g/mol. The molecule has 0 radical (unpaired) electrons. The summed E-state index contributed by atoms with van der Waals surface area (Å²) in [7, 11) is 2.31. The Morgan fingerprint density at radius 1 is 1.32 bits per heavy atom. The average Bonchev–Trinajstić information content (AvgIpc) is 2.50. The molecule has 8 heteroatoms. The lowest BCUT2D eigenvalue weighted by Crippen LogP contribution is -2.15. The Kier molecular flexibility index (Phi) is 6.52. The van der Waals surface area contributed by atoms with Crippen LogP contribution >= 0.6 is 23.2 Å². The molecule has 0 amide bonds. The van der Waals surface area contributed by atoms with Crippen LogP contribution in [0.2, 0.25) is 10.0 Å². The van der Waals surface area contributed by atoms with Gasteiger partial charge in [-0.1, -0.05) is 30.1 Å². The molecule has 0 saturated carbocycles. The molecule has 2 N–H and O–H groups in total. The van der Waals surface area contributed by atoms with Crippen LogP contribution in [0.4, 0.5) is 5.69 Å². The zero-order valence-corrected chi connectivity index (χ0v) is 13.7. The monoisotopic (exact) mass is 347 g/mol. The Hall–Kier alpha value is -1.92. The molecule has 6 nitrogen and oxygen atoms in total. The Bertz CT molecular complexity index is 628. The third-order valence-electron chi connectivity index (χ3n) is 2.78. The van der Waals surface area contributed by atoms with E-state index in [1.54, 1.807) is 0 Å². The molecule has 0 heterocycles. The van der Waals surface area contributed by atoms with E-state index in [0.717, 1.165) is 20.3 Å². The van der Waals surface area contributed by atoms with E-state index in [9.17, 15) is 14.7 Å². The van der Waals surface area contributed by atoms with Crippen molar-refractivity contribution >= 4 is 40.8 Å². The van der Waals surface area contributed by atoms with Crippen molar-refractivity contribution in [2.45, 2.75) is 13.3 Å². The number of benzene rings is 1. The van der Waals surface area contributed by atoms with Crippen molar-refractivity contribution in [2.75, 3.05) is 19.5 Å². The summed E-state index contributed by atoms with van der Waals surface area (Å²) in [4.78, 5) is 23.0. The van der Waals surface area contributed by atoms with Gasteiger partial charge in [0.1, 0.15) is 5.70 Å². The van der Waals surface area contributed by atoms with Crippen molar-refractivity contribution in [1.82, 2.24) is 0 Å². The van der Waals surface area contributed by atoms with Gasteiger partial charge in [0.05, 0.1) is 31.0 Å². The topological polar surface area (TPSA) is 84.9 Å². The molecular weight excluding hydrogens is 333 g/mol. The van der Waals surface area contributed by atoms with Crippen LogP contribution in [0.5, 0.6) is 5.75 Å². The van der Waals surface area contributed by atoms with Crippen molar-refractivity contribution in [3.8, 4) is 5.75 Å². The minimum Gasteiger partial charge on any atom is -0.504 e. The lowest BCUT2D eigenvalue weighted by molar-refractivity contribution is -0.138. The first-order chi connectivity index (χ1) is 10.3. The van der Waals surface area contributed by atoms with E-state index >= 15 is 0 Å². The number of phenols is 1. The first-order valence-electron chi connectivity index (χ1n) is 6.20. The zero-order chi connectivity index (χ0) is 16.9. The highest BCUT2D eigenvalue weighted by atomic mass is 35.5. The number of halogens is 2. The Morgan fingerprint density at radius 2 is 1.95 bits per heavy atom. The second kappa shape index (κ2) is 7.91. The molecular formula is C14H15Cl2NO5. The molecule has 120 valence electrons. The highest BCUT2D eigenvalue weighted by molar-refractivity contribution is 6.37. The number of hydrogen-bond donors (Lipinski definition) is 2. The predicted molar refractivity (Wildman–Crippen MR) is 83.2 cm³/mol. The Morgan fingerprint density at radius 3 is 2.45 bits per heavy atom. The van der Waals surface area contributed by atoms with E-state index in [1.165, 1.54) is 6.07 Å². The van der Waals surface area contributed by atoms with E-state index < -0.39 is 11.9 Å². The van der Waals surface area contributed by atoms with Gasteiger partial charge in [0.25, 0.3) is 0 Å². The number of ether oxygens (including phenoxy) is 2.